The molecule has 0 aliphatic carbocycles. The molecule has 0 atom stereocenters. The third-order valence-corrected chi connectivity index (χ3v) is 2.23. The third kappa shape index (κ3) is 2.06. The van der Waals surface area contributed by atoms with Gasteiger partial charge in [-0.25, -0.2) is 4.39 Å². The second-order valence-corrected chi connectivity index (χ2v) is 3.62. The molecule has 80 valence electrons. The van der Waals surface area contributed by atoms with Gasteiger partial charge in [0.15, 0.2) is 0 Å². The molecule has 1 aromatic rings. The van der Waals surface area contributed by atoms with Crippen LogP contribution in [-0.2, 0) is 0 Å². The Balaban J connectivity index is 3.56. The maximum absolute atomic E-state index is 13.4. The smallest absolute Gasteiger partial charge is 0.149 e. The largest absolute Gasteiger partial charge is 0.508 e. The van der Waals surface area contributed by atoms with Crippen LogP contribution in [0.25, 0.3) is 5.76 Å². The van der Waals surface area contributed by atoms with Gasteiger partial charge in [-0.1, -0.05) is 26.5 Å². The lowest BCUT2D eigenvalue weighted by atomic mass is 9.94. The van der Waals surface area contributed by atoms with Gasteiger partial charge in [0.05, 0.1) is 0 Å². The van der Waals surface area contributed by atoms with Gasteiger partial charge in [-0.2, -0.15) is 0 Å². The highest BCUT2D eigenvalue weighted by Crippen LogP contribution is 2.34. The second-order valence-electron chi connectivity index (χ2n) is 3.62. The van der Waals surface area contributed by atoms with E-state index in [-0.39, 0.29) is 17.4 Å². The predicted molar refractivity (Wildman–Crippen MR) is 61.4 cm³/mol. The minimum absolute atomic E-state index is 0.0636. The van der Waals surface area contributed by atoms with Crippen molar-refractivity contribution >= 4 is 18.2 Å². The molecule has 0 bridgehead atoms. The van der Waals surface area contributed by atoms with Crippen LogP contribution >= 0.6 is 0 Å². The van der Waals surface area contributed by atoms with Gasteiger partial charge >= 0.3 is 0 Å². The van der Waals surface area contributed by atoms with Crippen molar-refractivity contribution in [2.75, 3.05) is 0 Å². The van der Waals surface area contributed by atoms with Crippen molar-refractivity contribution in [1.29, 1.82) is 0 Å². The molecule has 1 rings (SSSR count). The molecule has 0 heterocycles. The van der Waals surface area contributed by atoms with Crippen LogP contribution < -0.4 is 0 Å². The maximum atomic E-state index is 13.4. The van der Waals surface area contributed by atoms with E-state index in [4.69, 9.17) is 0 Å². The van der Waals surface area contributed by atoms with E-state index >= 15 is 0 Å². The molecule has 2 nitrogen and oxygen atoms in total. The molecule has 0 aliphatic rings. The van der Waals surface area contributed by atoms with Crippen molar-refractivity contribution in [2.45, 2.75) is 19.8 Å². The average Bonchev–Trinajstić information content (AvgIpc) is 2.16. The number of benzene rings is 1. The van der Waals surface area contributed by atoms with Crippen LogP contribution in [0.15, 0.2) is 23.7 Å². The Morgan fingerprint density at radius 3 is 2.47 bits per heavy atom. The normalized spacial score (nSPS) is 10.4. The van der Waals surface area contributed by atoms with E-state index in [1.54, 1.807) is 6.07 Å². The van der Waals surface area contributed by atoms with Crippen molar-refractivity contribution in [1.82, 2.24) is 0 Å². The van der Waals surface area contributed by atoms with Crippen LogP contribution in [0, 0.1) is 5.82 Å². The van der Waals surface area contributed by atoms with Crippen LogP contribution in [-0.4, -0.2) is 11.8 Å². The van der Waals surface area contributed by atoms with Crippen LogP contribution in [0.4, 0.5) is 10.1 Å². The summed E-state index contributed by atoms with van der Waals surface area (Å²) in [6, 6.07) is 2.96. The lowest BCUT2D eigenvalue weighted by Gasteiger charge is -2.14. The molecule has 0 radical (unpaired) electrons. The lowest BCUT2D eigenvalue weighted by molar-refractivity contribution is 0.511. The zero-order valence-corrected chi connectivity index (χ0v) is 8.92. The fourth-order valence-corrected chi connectivity index (χ4v) is 1.52. The van der Waals surface area contributed by atoms with Gasteiger partial charge in [-0.05, 0) is 24.3 Å². The van der Waals surface area contributed by atoms with Crippen molar-refractivity contribution in [2.24, 2.45) is 4.99 Å². The molecule has 0 aliphatic heterocycles. The monoisotopic (exact) mass is 207 g/mol. The molecule has 1 N–H and O–H groups in total. The predicted octanol–water partition coefficient (Wildman–Crippen LogP) is 3.81. The summed E-state index contributed by atoms with van der Waals surface area (Å²) in [6.07, 6.45) is 0. The van der Waals surface area contributed by atoms with E-state index in [1.807, 2.05) is 13.8 Å². The Labute approximate surface area is 88.8 Å². The molecule has 0 fully saturated rings. The summed E-state index contributed by atoms with van der Waals surface area (Å²) in [4.78, 5) is 3.59. The van der Waals surface area contributed by atoms with Crippen LogP contribution in [0.2, 0.25) is 0 Å². The Morgan fingerprint density at radius 1 is 1.47 bits per heavy atom. The van der Waals surface area contributed by atoms with Crippen LogP contribution in [0.1, 0.15) is 30.9 Å². The molecule has 0 saturated carbocycles. The summed E-state index contributed by atoms with van der Waals surface area (Å²) in [5.41, 5.74) is 1.22. The number of hydrogen-bond donors (Lipinski definition) is 1. The molecular formula is C12H14FNO. The molecular weight excluding hydrogens is 193 g/mol. The van der Waals surface area contributed by atoms with Gasteiger partial charge in [0.1, 0.15) is 17.3 Å². The van der Waals surface area contributed by atoms with E-state index in [2.05, 4.69) is 18.3 Å². The zero-order valence-electron chi connectivity index (χ0n) is 8.92. The molecule has 0 aromatic heterocycles. The molecule has 15 heavy (non-hydrogen) atoms. The van der Waals surface area contributed by atoms with Crippen molar-refractivity contribution < 1.29 is 9.50 Å². The Morgan fingerprint density at radius 2 is 2.07 bits per heavy atom. The van der Waals surface area contributed by atoms with Crippen molar-refractivity contribution in [3.05, 3.63) is 35.7 Å². The lowest BCUT2D eigenvalue weighted by Crippen LogP contribution is -1.97. The van der Waals surface area contributed by atoms with Gasteiger partial charge < -0.3 is 5.11 Å². The highest BCUT2D eigenvalue weighted by Gasteiger charge is 2.16. The first-order valence-corrected chi connectivity index (χ1v) is 4.66. The fraction of sp³-hybridized carbons (Fsp3) is 0.250. The number of hydrogen-bond acceptors (Lipinski definition) is 2. The molecule has 0 saturated heterocycles. The highest BCUT2D eigenvalue weighted by atomic mass is 19.1. The quantitative estimate of drug-likeness (QED) is 0.593. The highest BCUT2D eigenvalue weighted by molar-refractivity contribution is 5.73. The van der Waals surface area contributed by atoms with Gasteiger partial charge in [0, 0.05) is 5.56 Å². The summed E-state index contributed by atoms with van der Waals surface area (Å²) >= 11 is 0. The van der Waals surface area contributed by atoms with Gasteiger partial charge in [-0.15, -0.1) is 0 Å². The summed E-state index contributed by atoms with van der Waals surface area (Å²) < 4.78 is 13.4. The average molecular weight is 207 g/mol. The number of nitrogens with zero attached hydrogens (tertiary/aromatic N) is 1. The molecule has 0 spiro atoms. The van der Waals surface area contributed by atoms with E-state index in [0.717, 1.165) is 5.56 Å². The third-order valence-electron chi connectivity index (χ3n) is 2.23. The minimum atomic E-state index is -0.500. The summed E-state index contributed by atoms with van der Waals surface area (Å²) in [5, 5.41) is 9.44. The number of aliphatic hydroxyl groups excluding tert-OH is 1. The summed E-state index contributed by atoms with van der Waals surface area (Å²) in [7, 11) is 0. The zero-order chi connectivity index (χ0) is 11.6. The molecule has 1 aromatic carbocycles. The second kappa shape index (κ2) is 4.26. The number of aliphatic hydroxyl groups is 1. The van der Waals surface area contributed by atoms with Gasteiger partial charge in [0.2, 0.25) is 0 Å². The van der Waals surface area contributed by atoms with Gasteiger partial charge in [0.25, 0.3) is 0 Å². The van der Waals surface area contributed by atoms with Gasteiger partial charge in [-0.3, -0.25) is 4.99 Å². The SMILES string of the molecule is C=Nc1c(F)ccc(C(C)C)c1C(=C)O. The number of rotatable bonds is 3. The van der Waals surface area contributed by atoms with Crippen molar-refractivity contribution in [3.8, 4) is 0 Å². The van der Waals surface area contributed by atoms with E-state index in [9.17, 15) is 9.50 Å². The Bertz CT molecular complexity index is 410. The standard InChI is InChI=1S/C12H14FNO/c1-7(2)9-5-6-10(13)12(14-4)11(9)8(3)15/h5-7,15H,3-4H2,1-2H3. The number of halogens is 1. The van der Waals surface area contributed by atoms with E-state index < -0.39 is 5.82 Å². The van der Waals surface area contributed by atoms with Crippen LogP contribution in [0.3, 0.4) is 0 Å². The summed E-state index contributed by atoms with van der Waals surface area (Å²) in [5.74, 6) is -0.523. The van der Waals surface area contributed by atoms with Crippen molar-refractivity contribution in [3.63, 3.8) is 0 Å². The maximum Gasteiger partial charge on any atom is 0.149 e. The number of aliphatic imine (C=N–C) groups is 1. The Kier molecular flexibility index (Phi) is 3.24. The summed E-state index contributed by atoms with van der Waals surface area (Å²) in [6.45, 7) is 10.6. The minimum Gasteiger partial charge on any atom is -0.508 e. The Hall–Kier alpha value is -1.64. The van der Waals surface area contributed by atoms with E-state index in [1.165, 1.54) is 6.07 Å². The molecule has 3 heteroatoms. The first-order valence-electron chi connectivity index (χ1n) is 4.66. The topological polar surface area (TPSA) is 32.6 Å². The molecule has 0 unspecified atom stereocenters. The molecule has 0 amide bonds. The first kappa shape index (κ1) is 11.4. The van der Waals surface area contributed by atoms with E-state index in [0.29, 0.717) is 5.56 Å². The van der Waals surface area contributed by atoms with Crippen LogP contribution in [0.5, 0.6) is 0 Å². The fourth-order valence-electron chi connectivity index (χ4n) is 1.52. The first-order chi connectivity index (χ1) is 6.99.